The molecule has 0 amide bonds. The average Bonchev–Trinajstić information content (AvgIpc) is 2.88. The number of nitrogens with zero attached hydrogens (tertiary/aromatic N) is 2. The fourth-order valence-corrected chi connectivity index (χ4v) is 3.25. The Morgan fingerprint density at radius 1 is 1.53 bits per heavy atom. The Labute approximate surface area is 114 Å². The number of thioether (sulfide) groups is 1. The van der Waals surface area contributed by atoms with E-state index in [2.05, 4.69) is 16.4 Å². The maximum atomic E-state index is 5.86. The van der Waals surface area contributed by atoms with Crippen LogP contribution in [-0.2, 0) is 13.6 Å². The molecule has 0 saturated carbocycles. The van der Waals surface area contributed by atoms with Crippen LogP contribution in [0, 0.1) is 0 Å². The highest BCUT2D eigenvalue weighted by Gasteiger charge is 2.00. The molecule has 0 fully saturated rings. The van der Waals surface area contributed by atoms with E-state index in [9.17, 15) is 0 Å². The fraction of sp³-hybridized carbons (Fsp3) is 0.364. The lowest BCUT2D eigenvalue weighted by Crippen LogP contribution is -2.15. The van der Waals surface area contributed by atoms with Crippen LogP contribution in [0.15, 0.2) is 29.7 Å². The van der Waals surface area contributed by atoms with Gasteiger partial charge in [-0.2, -0.15) is 0 Å². The van der Waals surface area contributed by atoms with E-state index in [1.807, 2.05) is 30.1 Å². The predicted octanol–water partition coefficient (Wildman–Crippen LogP) is 3.02. The third-order valence-corrected chi connectivity index (χ3v) is 4.51. The number of hydrogen-bond acceptors (Lipinski definition) is 4. The molecule has 0 saturated heterocycles. The number of aryl methyl sites for hydroxylation is 1. The quantitative estimate of drug-likeness (QED) is 0.654. The van der Waals surface area contributed by atoms with E-state index in [0.717, 1.165) is 28.3 Å². The minimum absolute atomic E-state index is 0.851. The molecule has 0 aromatic carbocycles. The van der Waals surface area contributed by atoms with Gasteiger partial charge in [0.1, 0.15) is 0 Å². The molecule has 0 spiro atoms. The maximum absolute atomic E-state index is 5.86. The first kappa shape index (κ1) is 13.0. The van der Waals surface area contributed by atoms with Gasteiger partial charge in [-0.05, 0) is 12.1 Å². The van der Waals surface area contributed by atoms with Crippen LogP contribution >= 0.6 is 34.7 Å². The molecule has 0 bridgehead atoms. The molecular weight excluding hydrogens is 274 g/mol. The zero-order valence-electron chi connectivity index (χ0n) is 9.52. The number of aromatic nitrogens is 2. The molecular formula is C11H14ClN3S2. The Kier molecular flexibility index (Phi) is 4.91. The minimum atomic E-state index is 0.851. The van der Waals surface area contributed by atoms with Gasteiger partial charge in [0.25, 0.3) is 0 Å². The van der Waals surface area contributed by atoms with Crippen molar-refractivity contribution in [1.29, 1.82) is 0 Å². The van der Waals surface area contributed by atoms with Crippen molar-refractivity contribution in [2.45, 2.75) is 11.7 Å². The van der Waals surface area contributed by atoms with Crippen molar-refractivity contribution in [3.63, 3.8) is 0 Å². The third kappa shape index (κ3) is 4.03. The molecule has 0 aliphatic heterocycles. The maximum Gasteiger partial charge on any atom is 0.167 e. The van der Waals surface area contributed by atoms with Crippen LogP contribution in [0.4, 0.5) is 0 Å². The number of hydrogen-bond donors (Lipinski definition) is 1. The molecule has 6 heteroatoms. The predicted molar refractivity (Wildman–Crippen MR) is 75.0 cm³/mol. The monoisotopic (exact) mass is 287 g/mol. The SMILES string of the molecule is Cn1ccnc1SCCNCc1ccc(Cl)s1. The minimum Gasteiger partial charge on any atom is -0.329 e. The van der Waals surface area contributed by atoms with Crippen molar-refractivity contribution < 1.29 is 0 Å². The Balaban J connectivity index is 1.62. The fourth-order valence-electron chi connectivity index (χ4n) is 1.36. The summed E-state index contributed by atoms with van der Waals surface area (Å²) >= 11 is 9.25. The smallest absolute Gasteiger partial charge is 0.167 e. The molecule has 0 aliphatic carbocycles. The average molecular weight is 288 g/mol. The third-order valence-electron chi connectivity index (χ3n) is 2.22. The Morgan fingerprint density at radius 3 is 3.06 bits per heavy atom. The van der Waals surface area contributed by atoms with Gasteiger partial charge in [-0.3, -0.25) is 0 Å². The summed E-state index contributed by atoms with van der Waals surface area (Å²) in [5, 5.41) is 4.45. The van der Waals surface area contributed by atoms with Gasteiger partial charge in [-0.25, -0.2) is 4.98 Å². The van der Waals surface area contributed by atoms with Crippen molar-refractivity contribution in [2.24, 2.45) is 7.05 Å². The van der Waals surface area contributed by atoms with Gasteiger partial charge in [-0.1, -0.05) is 23.4 Å². The topological polar surface area (TPSA) is 29.9 Å². The van der Waals surface area contributed by atoms with Crippen LogP contribution in [0.1, 0.15) is 4.88 Å². The van der Waals surface area contributed by atoms with Crippen LogP contribution in [0.25, 0.3) is 0 Å². The molecule has 92 valence electrons. The second-order valence-electron chi connectivity index (χ2n) is 3.55. The van der Waals surface area contributed by atoms with Crippen LogP contribution in [0.3, 0.4) is 0 Å². The van der Waals surface area contributed by atoms with Crippen molar-refractivity contribution in [3.05, 3.63) is 33.7 Å². The lowest BCUT2D eigenvalue weighted by molar-refractivity contribution is 0.737. The summed E-state index contributed by atoms with van der Waals surface area (Å²) in [4.78, 5) is 5.53. The lowest BCUT2D eigenvalue weighted by Gasteiger charge is -2.03. The Bertz CT molecular complexity index is 467. The molecule has 0 radical (unpaired) electrons. The summed E-state index contributed by atoms with van der Waals surface area (Å²) in [6.45, 7) is 1.85. The Morgan fingerprint density at radius 2 is 2.41 bits per heavy atom. The molecule has 2 rings (SSSR count). The van der Waals surface area contributed by atoms with Crippen molar-refractivity contribution in [3.8, 4) is 0 Å². The first-order valence-corrected chi connectivity index (χ1v) is 7.49. The molecule has 0 unspecified atom stereocenters. The second kappa shape index (κ2) is 6.44. The zero-order chi connectivity index (χ0) is 12.1. The first-order valence-electron chi connectivity index (χ1n) is 5.31. The second-order valence-corrected chi connectivity index (χ2v) is 6.41. The normalized spacial score (nSPS) is 10.9. The Hall–Kier alpha value is -0.490. The van der Waals surface area contributed by atoms with Gasteiger partial charge in [0.15, 0.2) is 5.16 Å². The van der Waals surface area contributed by atoms with Crippen LogP contribution in [-0.4, -0.2) is 21.8 Å². The van der Waals surface area contributed by atoms with E-state index in [1.54, 1.807) is 23.1 Å². The standard InChI is InChI=1S/C11H14ClN3S2/c1-15-6-4-14-11(15)16-7-5-13-8-9-2-3-10(12)17-9/h2-4,6,13H,5,7-8H2,1H3. The summed E-state index contributed by atoms with van der Waals surface area (Å²) in [5.74, 6) is 1.02. The lowest BCUT2D eigenvalue weighted by atomic mass is 10.4. The summed E-state index contributed by atoms with van der Waals surface area (Å²) in [7, 11) is 2.01. The molecule has 17 heavy (non-hydrogen) atoms. The molecule has 1 N–H and O–H groups in total. The van der Waals surface area contributed by atoms with Crippen molar-refractivity contribution in [1.82, 2.24) is 14.9 Å². The number of thiophene rings is 1. The molecule has 2 heterocycles. The molecule has 0 atom stereocenters. The number of imidazole rings is 1. The van der Waals surface area contributed by atoms with E-state index in [1.165, 1.54) is 4.88 Å². The van der Waals surface area contributed by atoms with Gasteiger partial charge in [0, 0.05) is 43.2 Å². The van der Waals surface area contributed by atoms with Gasteiger partial charge < -0.3 is 9.88 Å². The number of halogens is 1. The van der Waals surface area contributed by atoms with Gasteiger partial charge in [-0.15, -0.1) is 11.3 Å². The van der Waals surface area contributed by atoms with Crippen molar-refractivity contribution >= 4 is 34.7 Å². The largest absolute Gasteiger partial charge is 0.329 e. The van der Waals surface area contributed by atoms with Crippen LogP contribution < -0.4 is 5.32 Å². The van der Waals surface area contributed by atoms with E-state index in [-0.39, 0.29) is 0 Å². The van der Waals surface area contributed by atoms with Crippen LogP contribution in [0.2, 0.25) is 4.34 Å². The molecule has 0 aliphatic rings. The summed E-state index contributed by atoms with van der Waals surface area (Å²) in [5.41, 5.74) is 0. The molecule has 3 nitrogen and oxygen atoms in total. The summed E-state index contributed by atoms with van der Waals surface area (Å²) < 4.78 is 2.88. The van der Waals surface area contributed by atoms with E-state index >= 15 is 0 Å². The zero-order valence-corrected chi connectivity index (χ0v) is 11.9. The summed E-state index contributed by atoms with van der Waals surface area (Å²) in [6, 6.07) is 4.00. The van der Waals surface area contributed by atoms with Crippen LogP contribution in [0.5, 0.6) is 0 Å². The van der Waals surface area contributed by atoms with E-state index < -0.39 is 0 Å². The highest BCUT2D eigenvalue weighted by Crippen LogP contribution is 2.21. The number of rotatable bonds is 6. The highest BCUT2D eigenvalue weighted by atomic mass is 35.5. The number of nitrogens with one attached hydrogen (secondary N) is 1. The van der Waals surface area contributed by atoms with Gasteiger partial charge >= 0.3 is 0 Å². The first-order chi connectivity index (χ1) is 8.25. The van der Waals surface area contributed by atoms with Gasteiger partial charge in [0.05, 0.1) is 4.34 Å². The van der Waals surface area contributed by atoms with E-state index in [0.29, 0.717) is 0 Å². The molecule has 2 aromatic rings. The summed E-state index contributed by atoms with van der Waals surface area (Å²) in [6.07, 6.45) is 3.78. The van der Waals surface area contributed by atoms with E-state index in [4.69, 9.17) is 11.6 Å². The highest BCUT2D eigenvalue weighted by molar-refractivity contribution is 7.99. The van der Waals surface area contributed by atoms with Crippen molar-refractivity contribution in [2.75, 3.05) is 12.3 Å². The molecule has 2 aromatic heterocycles. The van der Waals surface area contributed by atoms with Gasteiger partial charge in [0.2, 0.25) is 0 Å².